The van der Waals surface area contributed by atoms with E-state index in [1.165, 1.54) is 23.6 Å². The summed E-state index contributed by atoms with van der Waals surface area (Å²) in [5.74, 6) is 0. The summed E-state index contributed by atoms with van der Waals surface area (Å²) in [4.78, 5) is 8.60. The number of hydrogen-bond donors (Lipinski definition) is 1. The molecular weight excluding hydrogens is 384 g/mol. The molecular formula is C11H13ClN4O4S3. The molecule has 0 amide bonds. The highest BCUT2D eigenvalue weighted by Crippen LogP contribution is 2.36. The minimum atomic E-state index is -4.12. The first-order valence-corrected chi connectivity index (χ1v) is 10.9. The van der Waals surface area contributed by atoms with Crippen LogP contribution in [-0.4, -0.2) is 39.3 Å². The van der Waals surface area contributed by atoms with Crippen LogP contribution in [0.3, 0.4) is 0 Å². The Kier molecular flexibility index (Phi) is 4.59. The molecule has 0 atom stereocenters. The van der Waals surface area contributed by atoms with E-state index in [0.29, 0.717) is 21.3 Å². The summed E-state index contributed by atoms with van der Waals surface area (Å²) < 4.78 is 47.8. The maximum absolute atomic E-state index is 11.9. The van der Waals surface area contributed by atoms with Gasteiger partial charge in [0.15, 0.2) is 10.3 Å². The van der Waals surface area contributed by atoms with Crippen molar-refractivity contribution in [1.82, 2.24) is 9.97 Å². The van der Waals surface area contributed by atoms with E-state index in [1.807, 2.05) is 0 Å². The summed E-state index contributed by atoms with van der Waals surface area (Å²) in [7, 11) is -8.24. The van der Waals surface area contributed by atoms with Crippen LogP contribution in [0, 0.1) is 6.92 Å². The van der Waals surface area contributed by atoms with Crippen molar-refractivity contribution in [2.45, 2.75) is 6.92 Å². The van der Waals surface area contributed by atoms with Gasteiger partial charge < -0.3 is 5.73 Å². The third kappa shape index (κ3) is 3.74. The molecule has 0 bridgehead atoms. The van der Waals surface area contributed by atoms with Crippen molar-refractivity contribution in [3.05, 3.63) is 23.1 Å². The van der Waals surface area contributed by atoms with Gasteiger partial charge in [0.25, 0.3) is 0 Å². The predicted octanol–water partition coefficient (Wildman–Crippen LogP) is 1.47. The lowest BCUT2D eigenvalue weighted by molar-refractivity contribution is 0.590. The van der Waals surface area contributed by atoms with Crippen LogP contribution in [0.1, 0.15) is 5.69 Å². The summed E-state index contributed by atoms with van der Waals surface area (Å²) in [6.07, 6.45) is 2.94. The smallest absolute Gasteiger partial charge is 0.245 e. The number of anilines is 2. The average molecular weight is 397 g/mol. The number of hydrogen-bond acceptors (Lipinski definition) is 8. The molecule has 0 saturated heterocycles. The molecule has 0 radical (unpaired) electrons. The lowest BCUT2D eigenvalue weighted by atomic mass is 10.2. The number of aromatic nitrogens is 2. The van der Waals surface area contributed by atoms with Crippen molar-refractivity contribution in [2.24, 2.45) is 0 Å². The number of nitrogens with two attached hydrogens (primary N) is 1. The molecule has 0 saturated carbocycles. The summed E-state index contributed by atoms with van der Waals surface area (Å²) in [5, 5.41) is 0.0804. The quantitative estimate of drug-likeness (QED) is 0.776. The molecule has 0 aromatic carbocycles. The highest BCUT2D eigenvalue weighted by atomic mass is 35.5. The van der Waals surface area contributed by atoms with Crippen LogP contribution in [0.25, 0.3) is 10.4 Å². The topological polar surface area (TPSA) is 123 Å². The van der Waals surface area contributed by atoms with Crippen molar-refractivity contribution < 1.29 is 16.8 Å². The number of thiazole rings is 1. The van der Waals surface area contributed by atoms with Crippen molar-refractivity contribution in [2.75, 3.05) is 22.0 Å². The molecule has 2 aromatic heterocycles. The standard InChI is InChI=1S/C11H13ClN4O4S3/c1-6-9(21-11(13)15-6)7-4-8(10(12)14-5-7)16(22(2,17)18)23(3,19)20/h4-5H,1-3H3,(H2,13,15). The monoisotopic (exact) mass is 396 g/mol. The van der Waals surface area contributed by atoms with Gasteiger partial charge in [-0.2, -0.15) is 3.71 Å². The zero-order valence-corrected chi connectivity index (χ0v) is 15.5. The van der Waals surface area contributed by atoms with Crippen LogP contribution in [0.15, 0.2) is 12.3 Å². The normalized spacial score (nSPS) is 12.3. The highest BCUT2D eigenvalue weighted by Gasteiger charge is 2.30. The van der Waals surface area contributed by atoms with Crippen LogP contribution in [0.2, 0.25) is 5.15 Å². The van der Waals surface area contributed by atoms with Crippen LogP contribution in [-0.2, 0) is 20.0 Å². The van der Waals surface area contributed by atoms with Gasteiger partial charge in [0.1, 0.15) is 5.69 Å². The second-order valence-electron chi connectivity index (χ2n) is 4.72. The number of nitrogen functional groups attached to an aromatic ring is 1. The predicted molar refractivity (Wildman–Crippen MR) is 91.7 cm³/mol. The van der Waals surface area contributed by atoms with Crippen molar-refractivity contribution in [3.63, 3.8) is 0 Å². The molecule has 2 heterocycles. The van der Waals surface area contributed by atoms with Gasteiger partial charge >= 0.3 is 0 Å². The number of aryl methyl sites for hydroxylation is 1. The second kappa shape index (κ2) is 5.89. The molecule has 0 spiro atoms. The van der Waals surface area contributed by atoms with Gasteiger partial charge in [0, 0.05) is 11.8 Å². The fraction of sp³-hybridized carbons (Fsp3) is 0.273. The Morgan fingerprint density at radius 2 is 1.78 bits per heavy atom. The van der Waals surface area contributed by atoms with Crippen molar-refractivity contribution >= 4 is 53.8 Å². The SMILES string of the molecule is Cc1nc(N)sc1-c1cnc(Cl)c(N(S(C)(=O)=O)S(C)(=O)=O)c1. The van der Waals surface area contributed by atoms with Gasteiger partial charge in [-0.15, -0.1) is 0 Å². The largest absolute Gasteiger partial charge is 0.375 e. The third-order valence-electron chi connectivity index (χ3n) is 2.70. The van der Waals surface area contributed by atoms with Gasteiger partial charge in [0.05, 0.1) is 23.1 Å². The van der Waals surface area contributed by atoms with E-state index in [4.69, 9.17) is 17.3 Å². The van der Waals surface area contributed by atoms with E-state index in [0.717, 1.165) is 12.5 Å². The average Bonchev–Trinajstić information content (AvgIpc) is 2.68. The molecule has 126 valence electrons. The number of nitrogens with zero attached hydrogens (tertiary/aromatic N) is 3. The minimum absolute atomic E-state index is 0.249. The Bertz CT molecular complexity index is 937. The lowest BCUT2D eigenvalue weighted by Gasteiger charge is -2.20. The number of rotatable bonds is 4. The molecule has 0 aliphatic rings. The molecule has 2 rings (SSSR count). The Labute approximate surface area is 143 Å². The number of halogens is 1. The van der Waals surface area contributed by atoms with Crippen LogP contribution in [0.5, 0.6) is 0 Å². The first kappa shape index (κ1) is 17.9. The van der Waals surface area contributed by atoms with E-state index in [-0.39, 0.29) is 14.6 Å². The zero-order chi connectivity index (χ0) is 17.6. The molecule has 0 aliphatic heterocycles. The van der Waals surface area contributed by atoms with Crippen LogP contribution >= 0.6 is 22.9 Å². The Balaban J connectivity index is 2.73. The third-order valence-corrected chi connectivity index (χ3v) is 7.24. The maximum Gasteiger partial charge on any atom is 0.245 e. The molecule has 8 nitrogen and oxygen atoms in total. The molecule has 2 aromatic rings. The van der Waals surface area contributed by atoms with E-state index in [2.05, 4.69) is 9.97 Å². The van der Waals surface area contributed by atoms with E-state index in [9.17, 15) is 16.8 Å². The molecule has 0 fully saturated rings. The lowest BCUT2D eigenvalue weighted by Crippen LogP contribution is -2.35. The van der Waals surface area contributed by atoms with E-state index < -0.39 is 20.0 Å². The van der Waals surface area contributed by atoms with Gasteiger partial charge in [-0.3, -0.25) is 0 Å². The van der Waals surface area contributed by atoms with Gasteiger partial charge in [0.2, 0.25) is 20.0 Å². The Morgan fingerprint density at radius 3 is 2.22 bits per heavy atom. The van der Waals surface area contributed by atoms with Crippen LogP contribution < -0.4 is 9.44 Å². The van der Waals surface area contributed by atoms with Crippen LogP contribution in [0.4, 0.5) is 10.8 Å². The molecule has 12 heteroatoms. The summed E-state index contributed by atoms with van der Waals surface area (Å²) in [6, 6.07) is 1.33. The van der Waals surface area contributed by atoms with Gasteiger partial charge in [-0.1, -0.05) is 22.9 Å². The Morgan fingerprint density at radius 1 is 1.22 bits per heavy atom. The maximum atomic E-state index is 11.9. The first-order chi connectivity index (χ1) is 10.4. The Hall–Kier alpha value is -1.43. The minimum Gasteiger partial charge on any atom is -0.375 e. The molecule has 2 N–H and O–H groups in total. The van der Waals surface area contributed by atoms with Gasteiger partial charge in [-0.05, 0) is 13.0 Å². The highest BCUT2D eigenvalue weighted by molar-refractivity contribution is 8.09. The summed E-state index contributed by atoms with van der Waals surface area (Å²) in [5.41, 5.74) is 6.48. The number of pyridine rings is 1. The molecule has 23 heavy (non-hydrogen) atoms. The van der Waals surface area contributed by atoms with Crippen molar-refractivity contribution in [1.29, 1.82) is 0 Å². The van der Waals surface area contributed by atoms with E-state index >= 15 is 0 Å². The zero-order valence-electron chi connectivity index (χ0n) is 12.3. The summed E-state index contributed by atoms with van der Waals surface area (Å²) >= 11 is 7.09. The first-order valence-electron chi connectivity index (χ1n) is 6.00. The summed E-state index contributed by atoms with van der Waals surface area (Å²) in [6.45, 7) is 1.72. The molecule has 0 unspecified atom stereocenters. The van der Waals surface area contributed by atoms with Gasteiger partial charge in [-0.25, -0.2) is 26.8 Å². The number of sulfonamides is 2. The van der Waals surface area contributed by atoms with E-state index in [1.54, 1.807) is 6.92 Å². The second-order valence-corrected chi connectivity index (χ2v) is 10.0. The van der Waals surface area contributed by atoms with Crippen molar-refractivity contribution in [3.8, 4) is 10.4 Å². The fourth-order valence-electron chi connectivity index (χ4n) is 1.98. The fourth-order valence-corrected chi connectivity index (χ4v) is 6.04. The molecule has 0 aliphatic carbocycles.